The topological polar surface area (TPSA) is 9.23 Å². The number of hydrogen-bond donors (Lipinski definition) is 1. The summed E-state index contributed by atoms with van der Waals surface area (Å²) in [5.74, 6) is 3.59. The van der Waals surface area contributed by atoms with Crippen LogP contribution in [0.3, 0.4) is 0 Å². The molecule has 8 atom stereocenters. The average molecular weight is 389 g/mol. The predicted octanol–water partition coefficient (Wildman–Crippen LogP) is 6.85. The maximum Gasteiger partial charge on any atom is 0.0648 e. The highest BCUT2D eigenvalue weighted by atomic mass is 32.1. The van der Waals surface area contributed by atoms with Crippen LogP contribution in [0.5, 0.6) is 0 Å². The molecular formula is C25H40OS. The Balaban J connectivity index is 1.53. The van der Waals surface area contributed by atoms with Crippen molar-refractivity contribution in [3.63, 3.8) is 0 Å². The molecule has 4 aliphatic carbocycles. The summed E-state index contributed by atoms with van der Waals surface area (Å²) < 4.78 is 6.46. The van der Waals surface area contributed by atoms with Gasteiger partial charge >= 0.3 is 0 Å². The number of fused-ring (bicyclic) bond motifs is 5. The molecule has 1 nitrogen and oxygen atoms in total. The Morgan fingerprint density at radius 3 is 2.44 bits per heavy atom. The minimum Gasteiger partial charge on any atom is -0.374 e. The van der Waals surface area contributed by atoms with Gasteiger partial charge in [0.25, 0.3) is 0 Å². The first kappa shape index (κ1) is 20.1. The van der Waals surface area contributed by atoms with E-state index in [0.29, 0.717) is 23.5 Å². The van der Waals surface area contributed by atoms with E-state index >= 15 is 0 Å². The number of hydrogen-bond acceptors (Lipinski definition) is 2. The van der Waals surface area contributed by atoms with Crippen molar-refractivity contribution in [3.05, 3.63) is 25.3 Å². The van der Waals surface area contributed by atoms with Crippen molar-refractivity contribution in [1.29, 1.82) is 0 Å². The molecule has 0 aromatic rings. The second-order valence-corrected chi connectivity index (χ2v) is 11.8. The Bertz CT molecular complexity index is 587. The zero-order valence-electron chi connectivity index (χ0n) is 17.6. The van der Waals surface area contributed by atoms with Gasteiger partial charge in [0.1, 0.15) is 0 Å². The highest BCUT2D eigenvalue weighted by Gasteiger charge is 2.61. The van der Waals surface area contributed by atoms with E-state index in [0.717, 1.165) is 30.1 Å². The van der Waals surface area contributed by atoms with Crippen LogP contribution < -0.4 is 0 Å². The third kappa shape index (κ3) is 3.18. The summed E-state index contributed by atoms with van der Waals surface area (Å²) in [5, 5.41) is 0. The molecule has 0 aliphatic heterocycles. The monoisotopic (exact) mass is 388 g/mol. The van der Waals surface area contributed by atoms with Crippen molar-refractivity contribution in [1.82, 2.24) is 0 Å². The Hall–Kier alpha value is -0.210. The van der Waals surface area contributed by atoms with Crippen molar-refractivity contribution >= 4 is 12.6 Å². The van der Waals surface area contributed by atoms with Gasteiger partial charge < -0.3 is 4.74 Å². The number of rotatable bonds is 5. The lowest BCUT2D eigenvalue weighted by atomic mass is 9.44. The van der Waals surface area contributed by atoms with Crippen LogP contribution >= 0.6 is 12.6 Å². The van der Waals surface area contributed by atoms with E-state index in [9.17, 15) is 0 Å². The molecular weight excluding hydrogens is 348 g/mol. The summed E-state index contributed by atoms with van der Waals surface area (Å²) in [7, 11) is 0. The molecule has 0 N–H and O–H groups in total. The first-order valence-electron chi connectivity index (χ1n) is 11.4. The van der Waals surface area contributed by atoms with E-state index < -0.39 is 0 Å². The second kappa shape index (κ2) is 7.24. The summed E-state index contributed by atoms with van der Waals surface area (Å²) >= 11 is 5.12. The van der Waals surface area contributed by atoms with Crippen molar-refractivity contribution in [2.24, 2.45) is 34.5 Å². The molecule has 2 heteroatoms. The van der Waals surface area contributed by atoms with Gasteiger partial charge in [-0.25, -0.2) is 0 Å². The zero-order valence-corrected chi connectivity index (χ0v) is 18.5. The molecule has 0 radical (unpaired) electrons. The van der Waals surface area contributed by atoms with Crippen LogP contribution in [0.25, 0.3) is 0 Å². The molecule has 0 aromatic carbocycles. The second-order valence-electron chi connectivity index (χ2n) is 10.8. The Morgan fingerprint density at radius 1 is 0.926 bits per heavy atom. The van der Waals surface area contributed by atoms with Gasteiger partial charge in [-0.3, -0.25) is 0 Å². The minimum atomic E-state index is 0.207. The number of thiol groups is 1. The Labute approximate surface area is 172 Å². The molecule has 152 valence electrons. The molecule has 2 unspecified atom stereocenters. The highest BCUT2D eigenvalue weighted by Crippen LogP contribution is 2.67. The fourth-order valence-corrected chi connectivity index (χ4v) is 8.65. The zero-order chi connectivity index (χ0) is 19.3. The summed E-state index contributed by atoms with van der Waals surface area (Å²) in [6.07, 6.45) is 17.8. The van der Waals surface area contributed by atoms with E-state index in [1.807, 2.05) is 6.08 Å². The quantitative estimate of drug-likeness (QED) is 0.400. The van der Waals surface area contributed by atoms with E-state index in [1.54, 1.807) is 0 Å². The van der Waals surface area contributed by atoms with E-state index in [1.165, 1.54) is 57.8 Å². The van der Waals surface area contributed by atoms with E-state index in [2.05, 4.69) is 33.1 Å². The largest absolute Gasteiger partial charge is 0.374 e. The van der Waals surface area contributed by atoms with Crippen LogP contribution in [0, 0.1) is 34.5 Å². The van der Waals surface area contributed by atoms with Crippen molar-refractivity contribution in [3.8, 4) is 0 Å². The van der Waals surface area contributed by atoms with Crippen LogP contribution in [0.1, 0.15) is 78.1 Å². The molecule has 27 heavy (non-hydrogen) atoms. The third-order valence-electron chi connectivity index (χ3n) is 9.67. The molecule has 4 aliphatic rings. The SMILES string of the molecule is C=CCO[C@H]1CC[C@H]2[C@@H]3CCC4CC(S)(CC=C)CC[C@]4(C)[C@H]3CC[C@]12C. The van der Waals surface area contributed by atoms with Crippen LogP contribution in [-0.2, 0) is 4.74 Å². The maximum atomic E-state index is 6.25. The average Bonchev–Trinajstić information content (AvgIpc) is 2.97. The van der Waals surface area contributed by atoms with Crippen molar-refractivity contribution in [2.75, 3.05) is 6.61 Å². The smallest absolute Gasteiger partial charge is 0.0648 e. The molecule has 0 heterocycles. The normalized spacial score (nSPS) is 51.7. The van der Waals surface area contributed by atoms with Gasteiger partial charge in [0.15, 0.2) is 0 Å². The lowest BCUT2D eigenvalue weighted by Gasteiger charge is -2.62. The van der Waals surface area contributed by atoms with Crippen molar-refractivity contribution in [2.45, 2.75) is 88.9 Å². The molecule has 4 rings (SSSR count). The number of ether oxygens (including phenoxy) is 1. The first-order valence-corrected chi connectivity index (χ1v) is 11.9. The molecule has 0 aromatic heterocycles. The van der Waals surface area contributed by atoms with Crippen LogP contribution in [0.2, 0.25) is 0 Å². The summed E-state index contributed by atoms with van der Waals surface area (Å²) in [6.45, 7) is 13.8. The highest BCUT2D eigenvalue weighted by molar-refractivity contribution is 7.81. The van der Waals surface area contributed by atoms with Crippen molar-refractivity contribution < 1.29 is 4.74 Å². The third-order valence-corrected chi connectivity index (χ3v) is 10.3. The summed E-state index contributed by atoms with van der Waals surface area (Å²) in [4.78, 5) is 0. The predicted molar refractivity (Wildman–Crippen MR) is 118 cm³/mol. The molecule has 0 saturated heterocycles. The van der Waals surface area contributed by atoms with E-state index in [-0.39, 0.29) is 4.75 Å². The Morgan fingerprint density at radius 2 is 1.70 bits per heavy atom. The fourth-order valence-electron chi connectivity index (χ4n) is 8.19. The lowest BCUT2D eigenvalue weighted by molar-refractivity contribution is -0.131. The van der Waals surface area contributed by atoms with Gasteiger partial charge in [0, 0.05) is 4.75 Å². The number of allylic oxidation sites excluding steroid dienone is 1. The van der Waals surface area contributed by atoms with Gasteiger partial charge in [-0.2, -0.15) is 12.6 Å². The fraction of sp³-hybridized carbons (Fsp3) is 0.840. The molecule has 0 spiro atoms. The molecule has 4 fully saturated rings. The minimum absolute atomic E-state index is 0.207. The van der Waals surface area contributed by atoms with Gasteiger partial charge in [0.2, 0.25) is 0 Å². The summed E-state index contributed by atoms with van der Waals surface area (Å²) in [6, 6.07) is 0. The van der Waals surface area contributed by atoms with Crippen LogP contribution in [-0.4, -0.2) is 17.5 Å². The Kier molecular flexibility index (Phi) is 5.38. The van der Waals surface area contributed by atoms with Gasteiger partial charge in [0.05, 0.1) is 12.7 Å². The molecule has 0 amide bonds. The lowest BCUT2D eigenvalue weighted by Crippen LogP contribution is -2.55. The summed E-state index contributed by atoms with van der Waals surface area (Å²) in [5.41, 5.74) is 0.940. The van der Waals surface area contributed by atoms with E-state index in [4.69, 9.17) is 17.4 Å². The molecule has 4 saturated carbocycles. The maximum absolute atomic E-state index is 6.25. The molecule has 0 bridgehead atoms. The van der Waals surface area contributed by atoms with Crippen LogP contribution in [0.15, 0.2) is 25.3 Å². The van der Waals surface area contributed by atoms with Gasteiger partial charge in [-0.05, 0) is 98.7 Å². The van der Waals surface area contributed by atoms with Gasteiger partial charge in [-0.15, -0.1) is 13.2 Å². The van der Waals surface area contributed by atoms with Crippen LogP contribution in [0.4, 0.5) is 0 Å². The van der Waals surface area contributed by atoms with Gasteiger partial charge in [-0.1, -0.05) is 26.0 Å². The standard InChI is InChI=1S/C25H40OS/c1-5-12-25(27)15-14-23(3)18(17-25)7-8-19-20-9-10-22(26-16-6-2)24(20,4)13-11-21(19)23/h5-6,18-22,27H,1-2,7-17H2,3-4H3/t18?,19-,20-,21-,22-,23-,24-,25?/m0/s1. The first-order chi connectivity index (χ1) is 12.9.